The summed E-state index contributed by atoms with van der Waals surface area (Å²) in [4.78, 5) is 8.80. The molecule has 0 saturated heterocycles. The van der Waals surface area contributed by atoms with Crippen molar-refractivity contribution in [3.8, 4) is 22.1 Å². The largest absolute Gasteiger partial charge is 0.510 e. The Morgan fingerprint density at radius 3 is 2.69 bits per heavy atom. The third kappa shape index (κ3) is 4.70. The van der Waals surface area contributed by atoms with Crippen LogP contribution < -0.4 is 9.64 Å². The Morgan fingerprint density at radius 2 is 1.92 bits per heavy atom. The van der Waals surface area contributed by atoms with Gasteiger partial charge in [0.15, 0.2) is 0 Å². The minimum Gasteiger partial charge on any atom is -0.510 e. The van der Waals surface area contributed by atoms with Gasteiger partial charge in [-0.3, -0.25) is 4.98 Å². The van der Waals surface area contributed by atoms with E-state index in [1.165, 1.54) is 15.6 Å². The predicted molar refractivity (Wildman–Crippen MR) is 147 cm³/mol. The van der Waals surface area contributed by atoms with E-state index in [1.54, 1.807) is 22.7 Å². The van der Waals surface area contributed by atoms with Gasteiger partial charge in [-0.15, -0.1) is 30.0 Å². The smallest absolute Gasteiger partial charge is 0.107 e. The average Bonchev–Trinajstić information content (AvgIpc) is 3.56. The Balaban J connectivity index is 0.00000267. The monoisotopic (exact) mass is 689 g/mol. The van der Waals surface area contributed by atoms with Crippen molar-refractivity contribution in [1.29, 1.82) is 0 Å². The van der Waals surface area contributed by atoms with Gasteiger partial charge in [0.25, 0.3) is 0 Å². The first kappa shape index (κ1) is 25.0. The Kier molecular flexibility index (Phi) is 6.71. The summed E-state index contributed by atoms with van der Waals surface area (Å²) >= 11 is 3.35. The van der Waals surface area contributed by atoms with E-state index in [2.05, 4.69) is 62.5 Å². The van der Waals surface area contributed by atoms with E-state index in [9.17, 15) is 0 Å². The second kappa shape index (κ2) is 9.66. The van der Waals surface area contributed by atoms with Crippen LogP contribution >= 0.6 is 22.7 Å². The third-order valence-electron chi connectivity index (χ3n) is 6.02. The number of hydrogen-bond acceptors (Lipinski definition) is 6. The number of rotatable bonds is 4. The molecule has 7 heteroatoms. The molecule has 186 valence electrons. The van der Waals surface area contributed by atoms with E-state index < -0.39 is 0 Å². The van der Waals surface area contributed by atoms with Crippen molar-refractivity contribution in [2.45, 2.75) is 26.2 Å². The van der Waals surface area contributed by atoms with E-state index in [0.717, 1.165) is 32.1 Å². The van der Waals surface area contributed by atoms with Crippen molar-refractivity contribution in [3.63, 3.8) is 0 Å². The fourth-order valence-corrected chi connectivity index (χ4v) is 6.05. The number of benzene rings is 2. The molecule has 6 rings (SSSR count). The van der Waals surface area contributed by atoms with Gasteiger partial charge in [0.2, 0.25) is 0 Å². The van der Waals surface area contributed by atoms with Crippen molar-refractivity contribution in [3.05, 3.63) is 90.8 Å². The van der Waals surface area contributed by atoms with Crippen LogP contribution in [0.4, 0.5) is 5.69 Å². The summed E-state index contributed by atoms with van der Waals surface area (Å²) in [6.45, 7) is 8.69. The maximum Gasteiger partial charge on any atom is 0.107 e. The van der Waals surface area contributed by atoms with Crippen LogP contribution in [0.5, 0.6) is 10.8 Å². The third-order valence-corrected chi connectivity index (χ3v) is 7.88. The molecule has 0 saturated carbocycles. The molecule has 5 aromatic rings. The van der Waals surface area contributed by atoms with Crippen LogP contribution in [0.25, 0.3) is 31.4 Å². The summed E-state index contributed by atoms with van der Waals surface area (Å²) in [7, 11) is 2.00. The Hall–Kier alpha value is -2.66. The fraction of sp³-hybridized carbons (Fsp3) is 0.172. The first-order valence-electron chi connectivity index (χ1n) is 11.4. The first-order chi connectivity index (χ1) is 16.8. The predicted octanol–water partition coefficient (Wildman–Crippen LogP) is 8.21. The molecule has 0 fully saturated rings. The molecule has 2 aromatic carbocycles. The van der Waals surface area contributed by atoms with Gasteiger partial charge in [-0.05, 0) is 64.1 Å². The normalized spacial score (nSPS) is 13.6. The van der Waals surface area contributed by atoms with Crippen LogP contribution in [0, 0.1) is 18.8 Å². The average molecular weight is 690 g/mol. The van der Waals surface area contributed by atoms with Crippen LogP contribution in [0.2, 0.25) is 0 Å². The first-order valence-corrected chi connectivity index (χ1v) is 13.1. The number of ether oxygens (including phenoxy) is 1. The van der Waals surface area contributed by atoms with Crippen molar-refractivity contribution >= 4 is 48.5 Å². The zero-order valence-corrected chi connectivity index (χ0v) is 24.2. The number of aromatic nitrogens is 1. The maximum atomic E-state index is 6.27. The van der Waals surface area contributed by atoms with Gasteiger partial charge >= 0.3 is 0 Å². The summed E-state index contributed by atoms with van der Waals surface area (Å²) in [5.41, 5.74) is 4.34. The van der Waals surface area contributed by atoms with Gasteiger partial charge in [-0.25, -0.2) is 0 Å². The SMILES string of the molecule is CN1C=CN(c2[c-]c(Oc3[c-]c4c(-c5cc(C(C)(C)C)ccn5)c5sccc5cc4s3)ccc2)[CH-]1.[Pt]. The minimum atomic E-state index is 0. The molecule has 0 radical (unpaired) electrons. The molecule has 36 heavy (non-hydrogen) atoms. The van der Waals surface area contributed by atoms with Gasteiger partial charge in [-0.2, -0.15) is 40.8 Å². The molecule has 0 N–H and O–H groups in total. The summed E-state index contributed by atoms with van der Waals surface area (Å²) in [6, 6.07) is 21.6. The van der Waals surface area contributed by atoms with Crippen molar-refractivity contribution in [2.75, 3.05) is 11.9 Å². The van der Waals surface area contributed by atoms with Crippen molar-refractivity contribution in [2.24, 2.45) is 0 Å². The van der Waals surface area contributed by atoms with Gasteiger partial charge < -0.3 is 14.5 Å². The molecule has 0 aliphatic carbocycles. The standard InChI is InChI=1S/C29H24N3OS2.Pt/c1-29(2,3)20-8-10-30-24(15-20)27-23-17-26(35-25(23)14-19-9-13-34-28(19)27)33-22-7-5-6-21(16-22)32-12-11-31(4)18-32;/h5-15,18H,1-4H3;/q-3;. The number of nitrogens with zero attached hydrogens (tertiary/aromatic N) is 3. The minimum absolute atomic E-state index is 0. The topological polar surface area (TPSA) is 28.6 Å². The van der Waals surface area contributed by atoms with Gasteiger partial charge in [0.1, 0.15) is 5.06 Å². The Labute approximate surface area is 234 Å². The van der Waals surface area contributed by atoms with E-state index in [0.29, 0.717) is 5.75 Å². The summed E-state index contributed by atoms with van der Waals surface area (Å²) in [5.74, 6) is 0.665. The second-order valence-electron chi connectivity index (χ2n) is 9.65. The van der Waals surface area contributed by atoms with Gasteiger partial charge in [0, 0.05) is 38.7 Å². The van der Waals surface area contributed by atoms with E-state index >= 15 is 0 Å². The van der Waals surface area contributed by atoms with Crippen molar-refractivity contribution in [1.82, 2.24) is 9.88 Å². The number of pyridine rings is 1. The molecule has 4 heterocycles. The van der Waals surface area contributed by atoms with E-state index in [1.807, 2.05) is 60.3 Å². The summed E-state index contributed by atoms with van der Waals surface area (Å²) < 4.78 is 8.64. The number of hydrogen-bond donors (Lipinski definition) is 0. The fourth-order valence-electron chi connectivity index (χ4n) is 4.18. The van der Waals surface area contributed by atoms with Crippen LogP contribution in [0.3, 0.4) is 0 Å². The zero-order valence-electron chi connectivity index (χ0n) is 20.3. The molecule has 0 amide bonds. The molecule has 0 bridgehead atoms. The summed E-state index contributed by atoms with van der Waals surface area (Å²) in [6.07, 6.45) is 5.91. The molecule has 1 aliphatic heterocycles. The van der Waals surface area contributed by atoms with E-state index in [-0.39, 0.29) is 26.5 Å². The van der Waals surface area contributed by atoms with Gasteiger partial charge in [-0.1, -0.05) is 37.1 Å². The van der Waals surface area contributed by atoms with E-state index in [4.69, 9.17) is 9.72 Å². The summed E-state index contributed by atoms with van der Waals surface area (Å²) in [5, 5.41) is 5.13. The number of anilines is 1. The Bertz CT molecular complexity index is 1580. The number of fused-ring (bicyclic) bond motifs is 2. The molecule has 0 atom stereocenters. The quantitative estimate of drug-likeness (QED) is 0.178. The Morgan fingerprint density at radius 1 is 1.06 bits per heavy atom. The van der Waals surface area contributed by atoms with Gasteiger partial charge in [0.05, 0.1) is 0 Å². The van der Waals surface area contributed by atoms with Crippen LogP contribution in [0.15, 0.2) is 66.4 Å². The molecule has 0 unspecified atom stereocenters. The molecule has 1 aliphatic rings. The molecular formula is C29H24N3OPtS2-3. The zero-order chi connectivity index (χ0) is 24.2. The molecule has 3 aromatic heterocycles. The number of thiophene rings is 2. The molecule has 4 nitrogen and oxygen atoms in total. The van der Waals surface area contributed by atoms with Crippen LogP contribution in [0.1, 0.15) is 26.3 Å². The van der Waals surface area contributed by atoms with Crippen LogP contribution in [-0.4, -0.2) is 16.9 Å². The second-order valence-corrected chi connectivity index (χ2v) is 11.6. The van der Waals surface area contributed by atoms with Crippen LogP contribution in [-0.2, 0) is 26.5 Å². The van der Waals surface area contributed by atoms with Crippen molar-refractivity contribution < 1.29 is 25.8 Å². The maximum absolute atomic E-state index is 6.27. The molecule has 0 spiro atoms. The molecular weight excluding hydrogens is 666 g/mol.